The summed E-state index contributed by atoms with van der Waals surface area (Å²) in [5.74, 6) is -0.303. The van der Waals surface area contributed by atoms with Gasteiger partial charge in [-0.15, -0.1) is 0 Å². The van der Waals surface area contributed by atoms with Gasteiger partial charge in [0.1, 0.15) is 0 Å². The summed E-state index contributed by atoms with van der Waals surface area (Å²) in [7, 11) is 0. The van der Waals surface area contributed by atoms with E-state index in [9.17, 15) is 9.18 Å². The Balaban J connectivity index is 1.47. The molecule has 1 N–H and O–H groups in total. The average molecular weight is 336 g/mol. The fourth-order valence-corrected chi connectivity index (χ4v) is 2.71. The quantitative estimate of drug-likeness (QED) is 0.724. The molecule has 0 spiro atoms. The lowest BCUT2D eigenvalue weighted by Crippen LogP contribution is -2.10. The Morgan fingerprint density at radius 1 is 1.36 bits per heavy atom. The third-order valence-corrected chi connectivity index (χ3v) is 4.22. The summed E-state index contributed by atoms with van der Waals surface area (Å²) in [6, 6.07) is 8.66. The highest BCUT2D eigenvalue weighted by atomic mass is 19.1. The lowest BCUT2D eigenvalue weighted by Gasteiger charge is -2.02. The predicted octanol–water partition coefficient (Wildman–Crippen LogP) is 3.63. The van der Waals surface area contributed by atoms with Gasteiger partial charge in [-0.1, -0.05) is 6.07 Å². The number of nitrogens with one attached hydrogen (secondary N) is 1. The normalized spacial score (nSPS) is 14.3. The van der Waals surface area contributed by atoms with E-state index in [1.807, 2.05) is 29.1 Å². The second-order valence-electron chi connectivity index (χ2n) is 6.24. The Labute approximate surface area is 144 Å². The van der Waals surface area contributed by atoms with Gasteiger partial charge in [-0.05, 0) is 54.7 Å². The van der Waals surface area contributed by atoms with Crippen molar-refractivity contribution in [3.8, 4) is 0 Å². The van der Waals surface area contributed by atoms with Gasteiger partial charge < -0.3 is 5.32 Å². The smallest absolute Gasteiger partial charge is 0.249 e. The van der Waals surface area contributed by atoms with Gasteiger partial charge in [0.15, 0.2) is 11.6 Å². The first-order valence-corrected chi connectivity index (χ1v) is 8.24. The molecule has 1 aliphatic carbocycles. The maximum absolute atomic E-state index is 13.5. The fourth-order valence-electron chi connectivity index (χ4n) is 2.71. The molecule has 3 aromatic rings. The van der Waals surface area contributed by atoms with Gasteiger partial charge in [0.2, 0.25) is 5.91 Å². The summed E-state index contributed by atoms with van der Waals surface area (Å²) < 4.78 is 15.5. The molecule has 5 nitrogen and oxygen atoms in total. The zero-order valence-corrected chi connectivity index (χ0v) is 13.5. The Bertz CT molecular complexity index is 959. The number of rotatable bonds is 5. The van der Waals surface area contributed by atoms with Gasteiger partial charge in [-0.2, -0.15) is 5.10 Å². The van der Waals surface area contributed by atoms with Crippen LogP contribution in [0.5, 0.6) is 0 Å². The van der Waals surface area contributed by atoms with Crippen LogP contribution in [0.15, 0.2) is 48.8 Å². The summed E-state index contributed by atoms with van der Waals surface area (Å²) >= 11 is 0. The van der Waals surface area contributed by atoms with Crippen LogP contribution in [-0.4, -0.2) is 20.7 Å². The number of halogens is 1. The summed E-state index contributed by atoms with van der Waals surface area (Å²) in [6.45, 7) is 0.969. The summed E-state index contributed by atoms with van der Waals surface area (Å²) in [5, 5.41) is 7.90. The van der Waals surface area contributed by atoms with Crippen LogP contribution in [0.25, 0.3) is 17.0 Å². The first-order valence-electron chi connectivity index (χ1n) is 8.24. The van der Waals surface area contributed by atoms with Crippen LogP contribution >= 0.6 is 0 Å². The minimum atomic E-state index is -0.561. The van der Waals surface area contributed by atoms with Crippen molar-refractivity contribution in [2.75, 3.05) is 5.32 Å². The first kappa shape index (κ1) is 15.5. The monoisotopic (exact) mass is 336 g/mol. The molecule has 1 aliphatic rings. The molecular weight excluding hydrogens is 319 g/mol. The van der Waals surface area contributed by atoms with E-state index >= 15 is 0 Å². The number of nitrogens with zero attached hydrogens (tertiary/aromatic N) is 3. The van der Waals surface area contributed by atoms with Gasteiger partial charge in [-0.25, -0.2) is 9.37 Å². The van der Waals surface area contributed by atoms with E-state index in [2.05, 4.69) is 15.4 Å². The Morgan fingerprint density at radius 2 is 2.24 bits per heavy atom. The summed E-state index contributed by atoms with van der Waals surface area (Å²) in [5.41, 5.74) is 1.99. The zero-order chi connectivity index (χ0) is 17.2. The molecule has 0 saturated heterocycles. The van der Waals surface area contributed by atoms with E-state index in [1.165, 1.54) is 37.2 Å². The molecule has 2 heterocycles. The topological polar surface area (TPSA) is 59.8 Å². The van der Waals surface area contributed by atoms with Gasteiger partial charge in [0, 0.05) is 24.2 Å². The number of pyridine rings is 1. The van der Waals surface area contributed by atoms with Gasteiger partial charge in [0.25, 0.3) is 0 Å². The number of hydrogen-bond acceptors (Lipinski definition) is 3. The second-order valence-corrected chi connectivity index (χ2v) is 6.24. The van der Waals surface area contributed by atoms with Crippen molar-refractivity contribution >= 4 is 28.7 Å². The Kier molecular flexibility index (Phi) is 4.01. The van der Waals surface area contributed by atoms with E-state index in [0.29, 0.717) is 0 Å². The van der Waals surface area contributed by atoms with Crippen molar-refractivity contribution in [3.63, 3.8) is 0 Å². The van der Waals surface area contributed by atoms with Crippen molar-refractivity contribution in [2.24, 2.45) is 5.92 Å². The molecule has 6 heteroatoms. The van der Waals surface area contributed by atoms with Gasteiger partial charge in [-0.3, -0.25) is 9.48 Å². The van der Waals surface area contributed by atoms with E-state index in [0.717, 1.165) is 28.9 Å². The van der Waals surface area contributed by atoms with Crippen molar-refractivity contribution in [1.82, 2.24) is 14.8 Å². The number of benzene rings is 1. The lowest BCUT2D eigenvalue weighted by molar-refractivity contribution is -0.111. The molecule has 0 aliphatic heterocycles. The summed E-state index contributed by atoms with van der Waals surface area (Å²) in [4.78, 5) is 15.7. The first-order chi connectivity index (χ1) is 12.2. The third kappa shape index (κ3) is 3.57. The van der Waals surface area contributed by atoms with Crippen LogP contribution in [0.3, 0.4) is 0 Å². The van der Waals surface area contributed by atoms with E-state index < -0.39 is 11.7 Å². The number of anilines is 1. The molecule has 4 rings (SSSR count). The van der Waals surface area contributed by atoms with E-state index in [-0.39, 0.29) is 5.82 Å². The van der Waals surface area contributed by atoms with Crippen LogP contribution in [0.4, 0.5) is 10.2 Å². The molecule has 25 heavy (non-hydrogen) atoms. The molecule has 1 fully saturated rings. The molecule has 0 radical (unpaired) electrons. The van der Waals surface area contributed by atoms with Crippen LogP contribution in [0, 0.1) is 11.7 Å². The highest BCUT2D eigenvalue weighted by Gasteiger charge is 2.22. The maximum Gasteiger partial charge on any atom is 0.249 e. The number of carbonyl (C=O) groups is 1. The predicted molar refractivity (Wildman–Crippen MR) is 94.3 cm³/mol. The van der Waals surface area contributed by atoms with Gasteiger partial charge >= 0.3 is 0 Å². The van der Waals surface area contributed by atoms with Crippen molar-refractivity contribution in [3.05, 3.63) is 60.2 Å². The lowest BCUT2D eigenvalue weighted by atomic mass is 10.1. The molecule has 1 saturated carbocycles. The number of carbonyl (C=O) groups excluding carboxylic acids is 1. The second kappa shape index (κ2) is 6.47. The number of amides is 1. The van der Waals surface area contributed by atoms with Crippen LogP contribution in [0.1, 0.15) is 18.4 Å². The minimum Gasteiger partial charge on any atom is -0.305 e. The van der Waals surface area contributed by atoms with Gasteiger partial charge in [0.05, 0.1) is 11.7 Å². The third-order valence-electron chi connectivity index (χ3n) is 4.22. The van der Waals surface area contributed by atoms with Crippen LogP contribution < -0.4 is 5.32 Å². The van der Waals surface area contributed by atoms with E-state index in [4.69, 9.17) is 0 Å². The molecule has 1 aromatic carbocycles. The largest absolute Gasteiger partial charge is 0.305 e. The molecule has 0 atom stereocenters. The molecule has 2 aromatic heterocycles. The maximum atomic E-state index is 13.5. The zero-order valence-electron chi connectivity index (χ0n) is 13.5. The van der Waals surface area contributed by atoms with Crippen molar-refractivity contribution in [1.29, 1.82) is 0 Å². The standard InChI is InChI=1S/C19H17FN4O/c20-16-2-1-9-21-19(16)23-18(25)8-6-13-5-7-17-15(10-13)11-22-24(17)12-14-3-4-14/h1-2,5-11,14H,3-4,12H2,(H,21,23,25)/b8-6+. The SMILES string of the molecule is O=C(/C=C/c1ccc2c(cnn2CC2CC2)c1)Nc1ncccc1F. The Hall–Kier alpha value is -3.02. The highest BCUT2D eigenvalue weighted by Crippen LogP contribution is 2.31. The average Bonchev–Trinajstić information content (AvgIpc) is 3.34. The molecule has 126 valence electrons. The summed E-state index contributed by atoms with van der Waals surface area (Å²) in [6.07, 6.45) is 8.90. The van der Waals surface area contributed by atoms with Crippen LogP contribution in [0.2, 0.25) is 0 Å². The fraction of sp³-hybridized carbons (Fsp3) is 0.211. The minimum absolute atomic E-state index is 0.0750. The van der Waals surface area contributed by atoms with Crippen molar-refractivity contribution < 1.29 is 9.18 Å². The van der Waals surface area contributed by atoms with Crippen LogP contribution in [-0.2, 0) is 11.3 Å². The number of aromatic nitrogens is 3. The molecular formula is C19H17FN4O. The molecule has 0 unspecified atom stereocenters. The van der Waals surface area contributed by atoms with Crippen molar-refractivity contribution in [2.45, 2.75) is 19.4 Å². The molecule has 1 amide bonds. The molecule has 0 bridgehead atoms. The van der Waals surface area contributed by atoms with E-state index in [1.54, 1.807) is 6.08 Å². The number of fused-ring (bicyclic) bond motifs is 1. The highest BCUT2D eigenvalue weighted by molar-refractivity contribution is 6.01. The Morgan fingerprint density at radius 3 is 3.04 bits per heavy atom. The number of hydrogen-bond donors (Lipinski definition) is 1.